The van der Waals surface area contributed by atoms with Gasteiger partial charge in [-0.25, -0.2) is 8.78 Å². The van der Waals surface area contributed by atoms with Crippen LogP contribution in [0.3, 0.4) is 0 Å². The van der Waals surface area contributed by atoms with Crippen LogP contribution in [0.15, 0.2) is 66.7 Å². The Morgan fingerprint density at radius 2 is 1.16 bits per heavy atom. The minimum Gasteiger partial charge on any atom is -0.494 e. The van der Waals surface area contributed by atoms with E-state index in [0.29, 0.717) is 5.56 Å². The average molecular weight is 487 g/mol. The maximum Gasteiger partial charge on any atom is 0.166 e. The van der Waals surface area contributed by atoms with Gasteiger partial charge in [-0.3, -0.25) is 0 Å². The summed E-state index contributed by atoms with van der Waals surface area (Å²) in [6.07, 6.45) is 8.80. The molecule has 0 N–H and O–H groups in total. The molecule has 4 heteroatoms. The Labute approximate surface area is 192 Å². The summed E-state index contributed by atoms with van der Waals surface area (Å²) in [6, 6.07) is 19.7. The first kappa shape index (κ1) is 23.5. The maximum absolute atomic E-state index is 14.0. The lowest BCUT2D eigenvalue weighted by Crippen LogP contribution is -1.97. The van der Waals surface area contributed by atoms with Gasteiger partial charge in [-0.1, -0.05) is 96.6 Å². The molecule has 0 bridgehead atoms. The van der Waals surface area contributed by atoms with Crippen LogP contribution >= 0.6 is 15.9 Å². The second kappa shape index (κ2) is 12.6. The van der Waals surface area contributed by atoms with E-state index in [2.05, 4.69) is 15.9 Å². The lowest BCUT2D eigenvalue weighted by molar-refractivity contribution is 0.304. The van der Waals surface area contributed by atoms with Crippen LogP contribution in [0.25, 0.3) is 22.3 Å². The van der Waals surface area contributed by atoms with Crippen molar-refractivity contribution in [1.29, 1.82) is 0 Å². The van der Waals surface area contributed by atoms with Crippen molar-refractivity contribution in [2.24, 2.45) is 0 Å². The molecule has 0 heterocycles. The van der Waals surface area contributed by atoms with E-state index in [1.54, 1.807) is 6.07 Å². The first-order valence-corrected chi connectivity index (χ1v) is 12.1. The number of ether oxygens (including phenoxy) is 1. The van der Waals surface area contributed by atoms with Gasteiger partial charge in [-0.2, -0.15) is 0 Å². The van der Waals surface area contributed by atoms with Crippen LogP contribution in [-0.4, -0.2) is 11.9 Å². The van der Waals surface area contributed by atoms with Gasteiger partial charge in [0.1, 0.15) is 5.75 Å². The molecule has 0 saturated heterocycles. The lowest BCUT2D eigenvalue weighted by Gasteiger charge is -2.09. The predicted molar refractivity (Wildman–Crippen MR) is 129 cm³/mol. The molecular weight excluding hydrogens is 458 g/mol. The quantitative estimate of drug-likeness (QED) is 0.183. The first-order chi connectivity index (χ1) is 15.2. The van der Waals surface area contributed by atoms with Crippen molar-refractivity contribution in [2.45, 2.75) is 44.9 Å². The summed E-state index contributed by atoms with van der Waals surface area (Å²) in [5.41, 5.74) is 3.01. The van der Waals surface area contributed by atoms with Crippen LogP contribution in [0.2, 0.25) is 0 Å². The van der Waals surface area contributed by atoms with Gasteiger partial charge in [-0.05, 0) is 47.7 Å². The van der Waals surface area contributed by atoms with Crippen molar-refractivity contribution in [3.63, 3.8) is 0 Å². The number of hydrogen-bond donors (Lipinski definition) is 0. The van der Waals surface area contributed by atoms with E-state index in [-0.39, 0.29) is 5.56 Å². The van der Waals surface area contributed by atoms with Crippen LogP contribution in [0.1, 0.15) is 44.9 Å². The van der Waals surface area contributed by atoms with E-state index in [1.165, 1.54) is 44.6 Å². The maximum atomic E-state index is 14.0. The molecule has 0 atom stereocenters. The molecule has 0 fully saturated rings. The van der Waals surface area contributed by atoms with Crippen molar-refractivity contribution in [3.05, 3.63) is 78.4 Å². The van der Waals surface area contributed by atoms with Crippen LogP contribution < -0.4 is 4.74 Å². The highest BCUT2D eigenvalue weighted by Gasteiger charge is 2.09. The fourth-order valence-corrected chi connectivity index (χ4v) is 3.98. The molecular formula is C27H29BrF2O. The van der Waals surface area contributed by atoms with Gasteiger partial charge in [-0.15, -0.1) is 0 Å². The number of benzene rings is 3. The summed E-state index contributed by atoms with van der Waals surface area (Å²) in [5, 5.41) is 1.11. The summed E-state index contributed by atoms with van der Waals surface area (Å²) in [5.74, 6) is -0.770. The standard InChI is InChI=1S/C27H29BrF2O/c28-19-6-4-2-1-3-5-7-20-31-24-17-15-22(16-18-24)21-11-13-23(14-12-21)25-9-8-10-26(29)27(25)30/h8-18H,1-7,19-20H2. The first-order valence-electron chi connectivity index (χ1n) is 11.0. The van der Waals surface area contributed by atoms with E-state index in [4.69, 9.17) is 4.74 Å². The molecule has 31 heavy (non-hydrogen) atoms. The van der Waals surface area contributed by atoms with Gasteiger partial charge in [0.2, 0.25) is 0 Å². The smallest absolute Gasteiger partial charge is 0.166 e. The van der Waals surface area contributed by atoms with Crippen LogP contribution in [0, 0.1) is 11.6 Å². The Kier molecular flexibility index (Phi) is 9.54. The molecule has 0 spiro atoms. The van der Waals surface area contributed by atoms with Crippen molar-refractivity contribution >= 4 is 15.9 Å². The summed E-state index contributed by atoms with van der Waals surface area (Å²) in [6.45, 7) is 0.745. The summed E-state index contributed by atoms with van der Waals surface area (Å²) in [7, 11) is 0. The number of hydrogen-bond acceptors (Lipinski definition) is 1. The van der Waals surface area contributed by atoms with Gasteiger partial charge in [0.25, 0.3) is 0 Å². The monoisotopic (exact) mass is 486 g/mol. The van der Waals surface area contributed by atoms with Crippen molar-refractivity contribution in [1.82, 2.24) is 0 Å². The van der Waals surface area contributed by atoms with E-state index >= 15 is 0 Å². The fraction of sp³-hybridized carbons (Fsp3) is 0.333. The van der Waals surface area contributed by atoms with Crippen molar-refractivity contribution in [2.75, 3.05) is 11.9 Å². The Bertz CT molecular complexity index is 923. The Hall–Kier alpha value is -2.20. The predicted octanol–water partition coefficient (Wildman–Crippen LogP) is 8.80. The number of alkyl halides is 1. The van der Waals surface area contributed by atoms with E-state index < -0.39 is 11.6 Å². The molecule has 0 aliphatic carbocycles. The highest BCUT2D eigenvalue weighted by Crippen LogP contribution is 2.28. The second-order valence-corrected chi connectivity index (χ2v) is 8.51. The van der Waals surface area contributed by atoms with E-state index in [9.17, 15) is 8.78 Å². The van der Waals surface area contributed by atoms with Gasteiger partial charge < -0.3 is 4.74 Å². The topological polar surface area (TPSA) is 9.23 Å². The van der Waals surface area contributed by atoms with E-state index in [0.717, 1.165) is 41.3 Å². The third-order valence-electron chi connectivity index (χ3n) is 5.38. The second-order valence-electron chi connectivity index (χ2n) is 7.72. The van der Waals surface area contributed by atoms with Gasteiger partial charge in [0.15, 0.2) is 11.6 Å². The Morgan fingerprint density at radius 1 is 0.613 bits per heavy atom. The molecule has 3 rings (SSSR count). The molecule has 0 aliphatic heterocycles. The summed E-state index contributed by atoms with van der Waals surface area (Å²) < 4.78 is 33.3. The minimum absolute atomic E-state index is 0.272. The molecule has 0 radical (unpaired) electrons. The van der Waals surface area contributed by atoms with E-state index in [1.807, 2.05) is 48.5 Å². The Morgan fingerprint density at radius 3 is 1.81 bits per heavy atom. The zero-order valence-electron chi connectivity index (χ0n) is 17.8. The van der Waals surface area contributed by atoms with Crippen LogP contribution in [0.5, 0.6) is 5.75 Å². The highest BCUT2D eigenvalue weighted by atomic mass is 79.9. The summed E-state index contributed by atoms with van der Waals surface area (Å²) in [4.78, 5) is 0. The molecule has 0 unspecified atom stereocenters. The molecule has 0 aromatic heterocycles. The molecule has 0 aliphatic rings. The highest BCUT2D eigenvalue weighted by molar-refractivity contribution is 9.09. The molecule has 3 aromatic rings. The molecule has 164 valence electrons. The third-order valence-corrected chi connectivity index (χ3v) is 5.94. The normalized spacial score (nSPS) is 10.9. The minimum atomic E-state index is -0.831. The Balaban J connectivity index is 1.46. The number of unbranched alkanes of at least 4 members (excludes halogenated alkanes) is 6. The largest absolute Gasteiger partial charge is 0.494 e. The molecule has 0 amide bonds. The fourth-order valence-electron chi connectivity index (χ4n) is 3.58. The van der Waals surface area contributed by atoms with Crippen molar-refractivity contribution < 1.29 is 13.5 Å². The average Bonchev–Trinajstić information content (AvgIpc) is 2.80. The molecule has 0 saturated carbocycles. The SMILES string of the molecule is Fc1cccc(-c2ccc(-c3ccc(OCCCCCCCCCBr)cc3)cc2)c1F. The zero-order valence-corrected chi connectivity index (χ0v) is 19.3. The molecule has 3 aromatic carbocycles. The van der Waals surface area contributed by atoms with Crippen molar-refractivity contribution in [3.8, 4) is 28.0 Å². The zero-order chi connectivity index (χ0) is 21.9. The van der Waals surface area contributed by atoms with Gasteiger partial charge in [0, 0.05) is 10.9 Å². The third kappa shape index (κ3) is 7.17. The summed E-state index contributed by atoms with van der Waals surface area (Å²) >= 11 is 3.47. The molecule has 1 nitrogen and oxygen atoms in total. The number of rotatable bonds is 12. The van der Waals surface area contributed by atoms with Gasteiger partial charge in [0.05, 0.1) is 6.61 Å². The number of halogens is 3. The lowest BCUT2D eigenvalue weighted by atomic mass is 10.00. The van der Waals surface area contributed by atoms with Crippen LogP contribution in [-0.2, 0) is 0 Å². The van der Waals surface area contributed by atoms with Crippen LogP contribution in [0.4, 0.5) is 8.78 Å². The van der Waals surface area contributed by atoms with Gasteiger partial charge >= 0.3 is 0 Å².